The third-order valence-electron chi connectivity index (χ3n) is 8.13. The molecule has 0 bridgehead atoms. The van der Waals surface area contributed by atoms with E-state index in [4.69, 9.17) is 0 Å². The van der Waals surface area contributed by atoms with Gasteiger partial charge in [0.2, 0.25) is 0 Å². The van der Waals surface area contributed by atoms with Crippen molar-refractivity contribution in [2.24, 2.45) is 47.3 Å². The zero-order chi connectivity index (χ0) is 13.7. The molecule has 4 aliphatic rings. The highest BCUT2D eigenvalue weighted by Crippen LogP contribution is 2.58. The van der Waals surface area contributed by atoms with Gasteiger partial charge in [0.15, 0.2) is 0 Å². The highest BCUT2D eigenvalue weighted by Gasteiger charge is 2.49. The molecule has 0 aromatic heterocycles. The molecule has 114 valence electrons. The summed E-state index contributed by atoms with van der Waals surface area (Å²) in [4.78, 5) is 0. The second kappa shape index (κ2) is 5.33. The molecule has 0 nitrogen and oxygen atoms in total. The third kappa shape index (κ3) is 2.17. The molecule has 0 heteroatoms. The van der Waals surface area contributed by atoms with Gasteiger partial charge in [0.05, 0.1) is 0 Å². The van der Waals surface area contributed by atoms with Crippen LogP contribution in [0.15, 0.2) is 0 Å². The SMILES string of the molecule is CC(C)C1CCC2C(CCC3C4CCCC4CCC23)C1. The Kier molecular flexibility index (Phi) is 3.63. The van der Waals surface area contributed by atoms with Crippen LogP contribution < -0.4 is 0 Å². The average Bonchev–Trinajstić information content (AvgIpc) is 2.94. The summed E-state index contributed by atoms with van der Waals surface area (Å²) in [5, 5.41) is 0. The Morgan fingerprint density at radius 1 is 0.600 bits per heavy atom. The summed E-state index contributed by atoms with van der Waals surface area (Å²) in [6, 6.07) is 0. The summed E-state index contributed by atoms with van der Waals surface area (Å²) >= 11 is 0. The first-order chi connectivity index (χ1) is 9.74. The molecule has 0 aromatic rings. The summed E-state index contributed by atoms with van der Waals surface area (Å²) in [7, 11) is 0. The van der Waals surface area contributed by atoms with Crippen molar-refractivity contribution < 1.29 is 0 Å². The highest BCUT2D eigenvalue weighted by atomic mass is 14.5. The zero-order valence-electron chi connectivity index (χ0n) is 13.7. The molecular formula is C20H34. The Balaban J connectivity index is 1.48. The number of rotatable bonds is 1. The van der Waals surface area contributed by atoms with Crippen LogP contribution in [0.4, 0.5) is 0 Å². The summed E-state index contributed by atoms with van der Waals surface area (Å²) in [6.07, 6.45) is 15.9. The van der Waals surface area contributed by atoms with E-state index in [1.165, 1.54) is 0 Å². The van der Waals surface area contributed by atoms with Gasteiger partial charge in [-0.3, -0.25) is 0 Å². The molecule has 0 N–H and O–H groups in total. The lowest BCUT2D eigenvalue weighted by molar-refractivity contribution is -0.0331. The summed E-state index contributed by atoms with van der Waals surface area (Å²) in [5.74, 6) is 8.88. The van der Waals surface area contributed by atoms with Crippen LogP contribution in [-0.2, 0) is 0 Å². The van der Waals surface area contributed by atoms with Gasteiger partial charge in [-0.1, -0.05) is 26.7 Å². The van der Waals surface area contributed by atoms with E-state index in [1.807, 2.05) is 0 Å². The molecule has 0 radical (unpaired) electrons. The fraction of sp³-hybridized carbons (Fsp3) is 1.00. The van der Waals surface area contributed by atoms with E-state index in [0.717, 1.165) is 47.3 Å². The van der Waals surface area contributed by atoms with Crippen LogP contribution in [0.3, 0.4) is 0 Å². The van der Waals surface area contributed by atoms with Gasteiger partial charge in [-0.15, -0.1) is 0 Å². The summed E-state index contributed by atoms with van der Waals surface area (Å²) in [6.45, 7) is 4.92. The van der Waals surface area contributed by atoms with E-state index in [-0.39, 0.29) is 0 Å². The minimum Gasteiger partial charge on any atom is -0.0625 e. The Morgan fingerprint density at radius 2 is 1.25 bits per heavy atom. The third-order valence-corrected chi connectivity index (χ3v) is 8.13. The lowest BCUT2D eigenvalue weighted by atomic mass is 9.52. The Hall–Kier alpha value is 0. The molecule has 20 heavy (non-hydrogen) atoms. The lowest BCUT2D eigenvalue weighted by Gasteiger charge is -2.53. The second-order valence-corrected chi connectivity index (χ2v) is 9.08. The van der Waals surface area contributed by atoms with Gasteiger partial charge < -0.3 is 0 Å². The van der Waals surface area contributed by atoms with Crippen LogP contribution in [-0.4, -0.2) is 0 Å². The normalized spacial score (nSPS) is 51.5. The fourth-order valence-electron chi connectivity index (χ4n) is 7.12. The van der Waals surface area contributed by atoms with Crippen molar-refractivity contribution in [1.29, 1.82) is 0 Å². The number of fused-ring (bicyclic) bond motifs is 5. The van der Waals surface area contributed by atoms with Crippen molar-refractivity contribution in [2.75, 3.05) is 0 Å². The molecule has 0 saturated heterocycles. The minimum absolute atomic E-state index is 0.930. The summed E-state index contributed by atoms with van der Waals surface area (Å²) < 4.78 is 0. The van der Waals surface area contributed by atoms with Crippen LogP contribution in [0, 0.1) is 47.3 Å². The Labute approximate surface area is 126 Å². The standard InChI is InChI=1S/C20H34/c1-13(2)15-7-9-18-16(12-15)8-11-19-17-5-3-4-14(17)6-10-20(18)19/h13-20H,3-12H2,1-2H3. The van der Waals surface area contributed by atoms with E-state index in [9.17, 15) is 0 Å². The van der Waals surface area contributed by atoms with Gasteiger partial charge in [0, 0.05) is 0 Å². The van der Waals surface area contributed by atoms with Crippen molar-refractivity contribution in [1.82, 2.24) is 0 Å². The molecule has 0 spiro atoms. The van der Waals surface area contributed by atoms with Crippen molar-refractivity contribution in [3.8, 4) is 0 Å². The van der Waals surface area contributed by atoms with Crippen molar-refractivity contribution in [2.45, 2.75) is 78.1 Å². The minimum atomic E-state index is 0.930. The van der Waals surface area contributed by atoms with E-state index < -0.39 is 0 Å². The van der Waals surface area contributed by atoms with Gasteiger partial charge in [0.25, 0.3) is 0 Å². The van der Waals surface area contributed by atoms with Crippen molar-refractivity contribution in [3.63, 3.8) is 0 Å². The monoisotopic (exact) mass is 274 g/mol. The van der Waals surface area contributed by atoms with Gasteiger partial charge in [0.1, 0.15) is 0 Å². The largest absolute Gasteiger partial charge is 0.0625 e. The first-order valence-electron chi connectivity index (χ1n) is 9.74. The maximum Gasteiger partial charge on any atom is -0.0352 e. The molecular weight excluding hydrogens is 240 g/mol. The summed E-state index contributed by atoms with van der Waals surface area (Å²) in [5.41, 5.74) is 0. The molecule has 4 saturated carbocycles. The molecule has 4 rings (SSSR count). The van der Waals surface area contributed by atoms with Crippen LogP contribution in [0.1, 0.15) is 78.1 Å². The van der Waals surface area contributed by atoms with Crippen LogP contribution in [0.2, 0.25) is 0 Å². The van der Waals surface area contributed by atoms with Gasteiger partial charge in [-0.25, -0.2) is 0 Å². The van der Waals surface area contributed by atoms with Crippen molar-refractivity contribution >= 4 is 0 Å². The second-order valence-electron chi connectivity index (χ2n) is 9.08. The Bertz CT molecular complexity index is 344. The van der Waals surface area contributed by atoms with E-state index in [0.29, 0.717) is 0 Å². The van der Waals surface area contributed by atoms with E-state index in [2.05, 4.69) is 13.8 Å². The molecule has 4 aliphatic carbocycles. The number of hydrogen-bond acceptors (Lipinski definition) is 0. The topological polar surface area (TPSA) is 0 Å². The van der Waals surface area contributed by atoms with Gasteiger partial charge in [-0.05, 0) is 98.7 Å². The Morgan fingerprint density at radius 3 is 2.00 bits per heavy atom. The molecule has 0 aliphatic heterocycles. The smallest absolute Gasteiger partial charge is 0.0352 e. The molecule has 0 heterocycles. The first-order valence-corrected chi connectivity index (χ1v) is 9.74. The average molecular weight is 274 g/mol. The van der Waals surface area contributed by atoms with Crippen LogP contribution >= 0.6 is 0 Å². The number of hydrogen-bond donors (Lipinski definition) is 0. The van der Waals surface area contributed by atoms with Gasteiger partial charge in [-0.2, -0.15) is 0 Å². The first kappa shape index (κ1) is 13.6. The predicted octanol–water partition coefficient (Wildman–Crippen LogP) is 5.91. The highest BCUT2D eigenvalue weighted by molar-refractivity contribution is 4.99. The lowest BCUT2D eigenvalue weighted by Crippen LogP contribution is -2.44. The van der Waals surface area contributed by atoms with Crippen LogP contribution in [0.5, 0.6) is 0 Å². The van der Waals surface area contributed by atoms with E-state index in [1.54, 1.807) is 64.2 Å². The quantitative estimate of drug-likeness (QED) is 0.557. The maximum atomic E-state index is 2.46. The fourth-order valence-corrected chi connectivity index (χ4v) is 7.12. The van der Waals surface area contributed by atoms with Crippen LogP contribution in [0.25, 0.3) is 0 Å². The van der Waals surface area contributed by atoms with E-state index >= 15 is 0 Å². The maximum absolute atomic E-state index is 2.46. The molecule has 4 fully saturated rings. The molecule has 0 amide bonds. The van der Waals surface area contributed by atoms with Crippen molar-refractivity contribution in [3.05, 3.63) is 0 Å². The predicted molar refractivity (Wildman–Crippen MR) is 85.4 cm³/mol. The van der Waals surface area contributed by atoms with Gasteiger partial charge >= 0.3 is 0 Å². The zero-order valence-corrected chi connectivity index (χ0v) is 13.7. The molecule has 0 aromatic carbocycles. The molecule has 7 atom stereocenters. The molecule has 7 unspecified atom stereocenters.